The number of amides is 1. The van der Waals surface area contributed by atoms with Crippen molar-refractivity contribution in [2.24, 2.45) is 0 Å². The van der Waals surface area contributed by atoms with Crippen LogP contribution < -0.4 is 5.32 Å². The Morgan fingerprint density at radius 3 is 2.67 bits per heavy atom. The first-order valence-electron chi connectivity index (χ1n) is 7.51. The van der Waals surface area contributed by atoms with E-state index in [1.54, 1.807) is 5.51 Å². The van der Waals surface area contributed by atoms with E-state index in [0.29, 0.717) is 5.13 Å². The first kappa shape index (κ1) is 14.6. The molecule has 0 saturated carbocycles. The highest BCUT2D eigenvalue weighted by Gasteiger charge is 2.14. The number of carbonyl (C=O) groups excluding carboxylic acids is 1. The van der Waals surface area contributed by atoms with Gasteiger partial charge in [-0.2, -0.15) is 0 Å². The lowest BCUT2D eigenvalue weighted by Gasteiger charge is -2.10. The summed E-state index contributed by atoms with van der Waals surface area (Å²) >= 11 is 1.30. The van der Waals surface area contributed by atoms with Crippen LogP contribution in [0.4, 0.5) is 5.13 Å². The van der Waals surface area contributed by atoms with Gasteiger partial charge >= 0.3 is 0 Å². The predicted octanol–water partition coefficient (Wildman–Crippen LogP) is 3.80. The normalized spacial score (nSPS) is 10.8. The van der Waals surface area contributed by atoms with Crippen LogP contribution in [0, 0.1) is 0 Å². The number of anilines is 1. The number of hydrogen-bond acceptors (Lipinski definition) is 4. The molecule has 4 rings (SSSR count). The maximum atomic E-state index is 12.4. The molecule has 2 aromatic heterocycles. The molecule has 0 spiro atoms. The molecule has 2 aromatic carbocycles. The van der Waals surface area contributed by atoms with Gasteiger partial charge in [-0.15, -0.1) is 10.2 Å². The summed E-state index contributed by atoms with van der Waals surface area (Å²) in [6.45, 7) is 0.220. The molecule has 1 N–H and O–H groups in total. The molecule has 0 saturated heterocycles. The Hall–Kier alpha value is -2.99. The van der Waals surface area contributed by atoms with Crippen molar-refractivity contribution < 1.29 is 4.79 Å². The van der Waals surface area contributed by atoms with E-state index in [2.05, 4.69) is 27.6 Å². The largest absolute Gasteiger partial charge is 0.331 e. The van der Waals surface area contributed by atoms with Gasteiger partial charge in [-0.25, -0.2) is 0 Å². The van der Waals surface area contributed by atoms with E-state index < -0.39 is 0 Å². The maximum absolute atomic E-state index is 12.4. The van der Waals surface area contributed by atoms with Gasteiger partial charge in [0, 0.05) is 16.6 Å². The summed E-state index contributed by atoms with van der Waals surface area (Å²) in [5.41, 5.74) is 4.72. The van der Waals surface area contributed by atoms with E-state index in [1.807, 2.05) is 53.1 Å². The monoisotopic (exact) mass is 334 g/mol. The molecule has 1 amide bonds. The molecule has 118 valence electrons. The second-order valence-corrected chi connectivity index (χ2v) is 6.17. The minimum atomic E-state index is -0.120. The average Bonchev–Trinajstić information content (AvgIpc) is 3.24. The SMILES string of the molecule is O=C(Cn1c(-c2ccccc2)cc2ccccc21)Nc1nncs1. The van der Waals surface area contributed by atoms with Crippen molar-refractivity contribution in [3.05, 3.63) is 66.2 Å². The van der Waals surface area contributed by atoms with Crippen molar-refractivity contribution in [2.75, 3.05) is 5.32 Å². The Morgan fingerprint density at radius 2 is 1.88 bits per heavy atom. The van der Waals surface area contributed by atoms with E-state index in [1.165, 1.54) is 11.3 Å². The summed E-state index contributed by atoms with van der Waals surface area (Å²) in [7, 11) is 0. The number of hydrogen-bond donors (Lipinski definition) is 1. The Bertz CT molecular complexity index is 977. The fourth-order valence-corrected chi connectivity index (χ4v) is 3.22. The van der Waals surface area contributed by atoms with Gasteiger partial charge in [-0.05, 0) is 17.7 Å². The third-order valence-electron chi connectivity index (χ3n) is 3.79. The molecular formula is C18H14N4OS. The molecule has 0 bridgehead atoms. The number of benzene rings is 2. The van der Waals surface area contributed by atoms with Crippen LogP contribution in [0.5, 0.6) is 0 Å². The molecule has 2 heterocycles. The van der Waals surface area contributed by atoms with Crippen LogP contribution in [0.1, 0.15) is 0 Å². The van der Waals surface area contributed by atoms with Crippen molar-refractivity contribution in [3.63, 3.8) is 0 Å². The van der Waals surface area contributed by atoms with E-state index >= 15 is 0 Å². The molecule has 0 aliphatic heterocycles. The highest BCUT2D eigenvalue weighted by molar-refractivity contribution is 7.13. The third-order valence-corrected chi connectivity index (χ3v) is 4.39. The molecule has 0 radical (unpaired) electrons. The van der Waals surface area contributed by atoms with E-state index in [9.17, 15) is 4.79 Å². The zero-order valence-corrected chi connectivity index (χ0v) is 13.5. The second kappa shape index (κ2) is 6.25. The number of aromatic nitrogens is 3. The van der Waals surface area contributed by atoms with E-state index in [4.69, 9.17) is 0 Å². The van der Waals surface area contributed by atoms with E-state index in [-0.39, 0.29) is 12.5 Å². The Balaban J connectivity index is 1.74. The average molecular weight is 334 g/mol. The smallest absolute Gasteiger partial charge is 0.246 e. The first-order chi connectivity index (χ1) is 11.8. The van der Waals surface area contributed by atoms with Crippen LogP contribution in [-0.2, 0) is 11.3 Å². The van der Waals surface area contributed by atoms with Gasteiger partial charge in [0.25, 0.3) is 0 Å². The summed E-state index contributed by atoms with van der Waals surface area (Å²) in [6, 6.07) is 20.3. The van der Waals surface area contributed by atoms with Crippen LogP contribution in [0.3, 0.4) is 0 Å². The van der Waals surface area contributed by atoms with Crippen LogP contribution in [0.25, 0.3) is 22.2 Å². The van der Waals surface area contributed by atoms with Crippen LogP contribution in [0.15, 0.2) is 66.2 Å². The zero-order chi connectivity index (χ0) is 16.4. The third kappa shape index (κ3) is 2.79. The molecular weight excluding hydrogens is 320 g/mol. The number of fused-ring (bicyclic) bond motifs is 1. The van der Waals surface area contributed by atoms with Crippen LogP contribution >= 0.6 is 11.3 Å². The van der Waals surface area contributed by atoms with Gasteiger partial charge in [0.15, 0.2) is 0 Å². The van der Waals surface area contributed by atoms with Crippen molar-refractivity contribution in [1.82, 2.24) is 14.8 Å². The van der Waals surface area contributed by atoms with Crippen molar-refractivity contribution in [2.45, 2.75) is 6.54 Å². The zero-order valence-electron chi connectivity index (χ0n) is 12.7. The summed E-state index contributed by atoms with van der Waals surface area (Å²) in [4.78, 5) is 12.4. The fraction of sp³-hybridized carbons (Fsp3) is 0.0556. The number of rotatable bonds is 4. The summed E-state index contributed by atoms with van der Waals surface area (Å²) in [5.74, 6) is -0.120. The van der Waals surface area contributed by atoms with Crippen molar-refractivity contribution in [1.29, 1.82) is 0 Å². The summed E-state index contributed by atoms with van der Waals surface area (Å²) < 4.78 is 2.03. The maximum Gasteiger partial charge on any atom is 0.246 e. The highest BCUT2D eigenvalue weighted by atomic mass is 32.1. The lowest BCUT2D eigenvalue weighted by atomic mass is 10.1. The molecule has 0 atom stereocenters. The minimum absolute atomic E-state index is 0.120. The predicted molar refractivity (Wildman–Crippen MR) is 95.9 cm³/mol. The summed E-state index contributed by atoms with van der Waals surface area (Å²) in [5, 5.41) is 12.0. The van der Waals surface area contributed by atoms with Gasteiger partial charge in [0.2, 0.25) is 11.0 Å². The Kier molecular flexibility index (Phi) is 3.80. The van der Waals surface area contributed by atoms with Gasteiger partial charge in [-0.1, -0.05) is 59.9 Å². The fourth-order valence-electron chi connectivity index (χ4n) is 2.76. The number of nitrogens with one attached hydrogen (secondary N) is 1. The van der Waals surface area contributed by atoms with Gasteiger partial charge in [0.05, 0.1) is 0 Å². The second-order valence-electron chi connectivity index (χ2n) is 5.33. The number of para-hydroxylation sites is 1. The number of nitrogens with zero attached hydrogens (tertiary/aromatic N) is 3. The topological polar surface area (TPSA) is 59.8 Å². The van der Waals surface area contributed by atoms with E-state index in [0.717, 1.165) is 22.2 Å². The first-order valence-corrected chi connectivity index (χ1v) is 8.39. The van der Waals surface area contributed by atoms with Gasteiger partial charge < -0.3 is 4.57 Å². The minimum Gasteiger partial charge on any atom is -0.331 e. The van der Waals surface area contributed by atoms with Crippen LogP contribution in [0.2, 0.25) is 0 Å². The molecule has 0 aliphatic rings. The van der Waals surface area contributed by atoms with Gasteiger partial charge in [-0.3, -0.25) is 10.1 Å². The molecule has 0 fully saturated rings. The van der Waals surface area contributed by atoms with Gasteiger partial charge in [0.1, 0.15) is 12.1 Å². The number of carbonyl (C=O) groups is 1. The standard InChI is InChI=1S/C18H14N4OS/c23-17(20-18-21-19-12-24-18)11-22-15-9-5-4-8-14(15)10-16(22)13-6-2-1-3-7-13/h1-10,12H,11H2,(H,20,21,23). The molecule has 0 unspecified atom stereocenters. The Morgan fingerprint density at radius 1 is 1.08 bits per heavy atom. The molecule has 4 aromatic rings. The molecule has 0 aliphatic carbocycles. The lowest BCUT2D eigenvalue weighted by Crippen LogP contribution is -2.19. The molecule has 5 nitrogen and oxygen atoms in total. The van der Waals surface area contributed by atoms with Crippen LogP contribution in [-0.4, -0.2) is 20.7 Å². The molecule has 6 heteroatoms. The lowest BCUT2D eigenvalue weighted by molar-refractivity contribution is -0.116. The Labute approximate surface area is 142 Å². The highest BCUT2D eigenvalue weighted by Crippen LogP contribution is 2.28. The molecule has 24 heavy (non-hydrogen) atoms. The quantitative estimate of drug-likeness (QED) is 0.617. The van der Waals surface area contributed by atoms with Crippen molar-refractivity contribution in [3.8, 4) is 11.3 Å². The van der Waals surface area contributed by atoms with Crippen molar-refractivity contribution >= 4 is 33.3 Å². The summed E-state index contributed by atoms with van der Waals surface area (Å²) in [6.07, 6.45) is 0.